The zero-order valence-electron chi connectivity index (χ0n) is 7.48. The monoisotopic (exact) mass is 198 g/mol. The van der Waals surface area contributed by atoms with E-state index in [0.29, 0.717) is 0 Å². The predicted octanol–water partition coefficient (Wildman–Crippen LogP) is 3.05. The minimum atomic E-state index is -1.76. The van der Waals surface area contributed by atoms with Crippen LogP contribution >= 0.6 is 10.6 Å². The summed E-state index contributed by atoms with van der Waals surface area (Å²) in [5, 5.41) is 0. The van der Waals surface area contributed by atoms with E-state index < -0.39 is 10.6 Å². The highest BCUT2D eigenvalue weighted by molar-refractivity contribution is 8.25. The molecule has 0 spiro atoms. The summed E-state index contributed by atoms with van der Waals surface area (Å²) < 4.78 is 15.6. The van der Waals surface area contributed by atoms with Crippen molar-refractivity contribution in [3.8, 4) is 5.75 Å². The molecule has 0 aliphatic carbocycles. The first-order valence-electron chi connectivity index (χ1n) is 4.54. The van der Waals surface area contributed by atoms with Crippen molar-refractivity contribution in [3.63, 3.8) is 0 Å². The van der Waals surface area contributed by atoms with Crippen molar-refractivity contribution in [2.45, 2.75) is 12.8 Å². The second-order valence-electron chi connectivity index (χ2n) is 3.28. The van der Waals surface area contributed by atoms with Crippen LogP contribution in [0.15, 0.2) is 30.3 Å². The highest BCUT2D eigenvalue weighted by Gasteiger charge is 2.23. The minimum absolute atomic E-state index is 0.793. The number of para-hydroxylation sites is 1. The molecule has 0 bridgehead atoms. The summed E-state index contributed by atoms with van der Waals surface area (Å²) in [5.74, 6) is 2.46. The highest BCUT2D eigenvalue weighted by Crippen LogP contribution is 2.50. The lowest BCUT2D eigenvalue weighted by atomic mass is 10.3. The fourth-order valence-electron chi connectivity index (χ4n) is 1.50. The maximum atomic E-state index is 10.0. The van der Waals surface area contributed by atoms with Gasteiger partial charge in [0.15, 0.2) is 5.75 Å². The van der Waals surface area contributed by atoms with Crippen LogP contribution in [0.4, 0.5) is 0 Å². The van der Waals surface area contributed by atoms with Gasteiger partial charge >= 0.3 is 0 Å². The third kappa shape index (κ3) is 2.17. The molecular formula is C10H14O2S. The van der Waals surface area contributed by atoms with E-state index >= 15 is 0 Å². The van der Waals surface area contributed by atoms with E-state index in [1.807, 2.05) is 30.3 Å². The molecule has 2 rings (SSSR count). The Hall–Kier alpha value is -0.670. The third-order valence-electron chi connectivity index (χ3n) is 2.17. The van der Waals surface area contributed by atoms with E-state index in [2.05, 4.69) is 0 Å². The topological polar surface area (TPSA) is 29.5 Å². The van der Waals surface area contributed by atoms with Gasteiger partial charge in [-0.15, -0.1) is 0 Å². The van der Waals surface area contributed by atoms with Gasteiger partial charge in [0.05, 0.1) is 0 Å². The Morgan fingerprint density at radius 2 is 1.69 bits per heavy atom. The molecule has 0 amide bonds. The summed E-state index contributed by atoms with van der Waals surface area (Å²) in [6.45, 7) is 0. The quantitative estimate of drug-likeness (QED) is 0.791. The summed E-state index contributed by atoms with van der Waals surface area (Å²) >= 11 is 0. The molecule has 2 nitrogen and oxygen atoms in total. The van der Waals surface area contributed by atoms with Gasteiger partial charge in [-0.2, -0.15) is 10.6 Å². The molecule has 1 fully saturated rings. The first-order chi connectivity index (χ1) is 6.29. The fraction of sp³-hybridized carbons (Fsp3) is 0.400. The molecule has 0 saturated carbocycles. The summed E-state index contributed by atoms with van der Waals surface area (Å²) in [7, 11) is -1.76. The Morgan fingerprint density at radius 1 is 1.08 bits per heavy atom. The smallest absolute Gasteiger partial charge is 0.150 e. The third-order valence-corrected chi connectivity index (χ3v) is 4.53. The van der Waals surface area contributed by atoms with E-state index in [1.54, 1.807) is 0 Å². The fourth-order valence-corrected chi connectivity index (χ4v) is 3.65. The van der Waals surface area contributed by atoms with Gasteiger partial charge < -0.3 is 4.18 Å². The molecule has 0 radical (unpaired) electrons. The van der Waals surface area contributed by atoms with Crippen LogP contribution in [0.2, 0.25) is 0 Å². The molecule has 0 aromatic heterocycles. The van der Waals surface area contributed by atoms with Crippen LogP contribution in [0.3, 0.4) is 0 Å². The van der Waals surface area contributed by atoms with Crippen LogP contribution in [0.5, 0.6) is 5.75 Å². The molecule has 1 aromatic rings. The van der Waals surface area contributed by atoms with Crippen molar-refractivity contribution in [1.82, 2.24) is 0 Å². The van der Waals surface area contributed by atoms with Gasteiger partial charge in [-0.25, -0.2) is 0 Å². The Bertz CT molecular complexity index is 268. The van der Waals surface area contributed by atoms with E-state index in [1.165, 1.54) is 0 Å². The molecule has 1 aliphatic rings. The van der Waals surface area contributed by atoms with Crippen LogP contribution in [-0.4, -0.2) is 16.1 Å². The van der Waals surface area contributed by atoms with Gasteiger partial charge in [-0.3, -0.25) is 4.55 Å². The van der Waals surface area contributed by atoms with E-state index in [-0.39, 0.29) is 0 Å². The Morgan fingerprint density at radius 3 is 2.31 bits per heavy atom. The molecule has 3 heteroatoms. The maximum absolute atomic E-state index is 10.0. The van der Waals surface area contributed by atoms with Gasteiger partial charge in [0.1, 0.15) is 0 Å². The number of hydrogen-bond acceptors (Lipinski definition) is 2. The number of rotatable bonds is 2. The lowest BCUT2D eigenvalue weighted by molar-refractivity contribution is 0.498. The molecule has 1 N–H and O–H groups in total. The van der Waals surface area contributed by atoms with E-state index in [4.69, 9.17) is 4.18 Å². The molecule has 72 valence electrons. The molecular weight excluding hydrogens is 184 g/mol. The zero-order valence-corrected chi connectivity index (χ0v) is 8.30. The van der Waals surface area contributed by atoms with E-state index in [0.717, 1.165) is 30.1 Å². The van der Waals surface area contributed by atoms with E-state index in [9.17, 15) is 4.55 Å². The van der Waals surface area contributed by atoms with Crippen molar-refractivity contribution >= 4 is 10.6 Å². The highest BCUT2D eigenvalue weighted by atomic mass is 32.3. The van der Waals surface area contributed by atoms with Crippen molar-refractivity contribution < 1.29 is 8.74 Å². The van der Waals surface area contributed by atoms with Crippen LogP contribution < -0.4 is 4.18 Å². The first kappa shape index (κ1) is 8.91. The molecule has 0 atom stereocenters. The predicted molar refractivity (Wildman–Crippen MR) is 56.3 cm³/mol. The standard InChI is InChI=1S/C10H14O2S/c11-13(8-4-5-9-13)12-10-6-2-1-3-7-10/h1-3,6-7,11H,4-5,8-9H2. The molecule has 1 saturated heterocycles. The van der Waals surface area contributed by atoms with Gasteiger partial charge in [0.2, 0.25) is 0 Å². The zero-order chi connectivity index (χ0) is 9.15. The summed E-state index contributed by atoms with van der Waals surface area (Å²) in [6.07, 6.45) is 2.19. The largest absolute Gasteiger partial charge is 0.392 e. The summed E-state index contributed by atoms with van der Waals surface area (Å²) in [6, 6.07) is 9.58. The van der Waals surface area contributed by atoms with Crippen molar-refractivity contribution in [2.24, 2.45) is 0 Å². The SMILES string of the molecule is OS1(Oc2ccccc2)CCCC1. The Labute approximate surface area is 80.3 Å². The Kier molecular flexibility index (Phi) is 2.47. The summed E-state index contributed by atoms with van der Waals surface area (Å²) in [5.41, 5.74) is 0. The number of benzene rings is 1. The van der Waals surface area contributed by atoms with Gasteiger partial charge in [-0.05, 0) is 25.0 Å². The normalized spacial score (nSPS) is 22.5. The second-order valence-corrected chi connectivity index (χ2v) is 5.81. The Balaban J connectivity index is 2.05. The van der Waals surface area contributed by atoms with Crippen molar-refractivity contribution in [2.75, 3.05) is 11.5 Å². The summed E-state index contributed by atoms with van der Waals surface area (Å²) in [4.78, 5) is 0. The van der Waals surface area contributed by atoms with Gasteiger partial charge in [0.25, 0.3) is 0 Å². The average molecular weight is 198 g/mol. The lowest BCUT2D eigenvalue weighted by Crippen LogP contribution is -2.08. The maximum Gasteiger partial charge on any atom is 0.150 e. The molecule has 1 aliphatic heterocycles. The average Bonchev–Trinajstić information content (AvgIpc) is 2.54. The second kappa shape index (κ2) is 3.60. The minimum Gasteiger partial charge on any atom is -0.392 e. The first-order valence-corrected chi connectivity index (χ1v) is 6.39. The van der Waals surface area contributed by atoms with Crippen molar-refractivity contribution in [1.29, 1.82) is 0 Å². The number of hydrogen-bond donors (Lipinski definition) is 1. The van der Waals surface area contributed by atoms with Crippen LogP contribution in [0.1, 0.15) is 12.8 Å². The van der Waals surface area contributed by atoms with Crippen molar-refractivity contribution in [3.05, 3.63) is 30.3 Å². The molecule has 1 heterocycles. The van der Waals surface area contributed by atoms with Gasteiger partial charge in [-0.1, -0.05) is 18.2 Å². The molecule has 1 aromatic carbocycles. The van der Waals surface area contributed by atoms with Crippen LogP contribution in [0, 0.1) is 0 Å². The molecule has 13 heavy (non-hydrogen) atoms. The van der Waals surface area contributed by atoms with Gasteiger partial charge in [0, 0.05) is 11.5 Å². The lowest BCUT2D eigenvalue weighted by Gasteiger charge is -2.33. The molecule has 0 unspecified atom stereocenters. The van der Waals surface area contributed by atoms with Crippen LogP contribution in [0.25, 0.3) is 0 Å². The van der Waals surface area contributed by atoms with Crippen LogP contribution in [-0.2, 0) is 0 Å².